The number of hydrogen-bond donors (Lipinski definition) is 1. The molecule has 3 rings (SSSR count). The molecule has 0 saturated carbocycles. The van der Waals surface area contributed by atoms with E-state index in [1.807, 2.05) is 35.0 Å². The summed E-state index contributed by atoms with van der Waals surface area (Å²) in [4.78, 5) is 14.5. The smallest absolute Gasteiger partial charge is 0.328 e. The first-order chi connectivity index (χ1) is 9.72. The van der Waals surface area contributed by atoms with Gasteiger partial charge in [-0.05, 0) is 29.8 Å². The van der Waals surface area contributed by atoms with Crippen LogP contribution in [0.5, 0.6) is 5.75 Å². The highest BCUT2D eigenvalue weighted by atomic mass is 16.5. The van der Waals surface area contributed by atoms with Crippen molar-refractivity contribution in [3.63, 3.8) is 0 Å². The van der Waals surface area contributed by atoms with Gasteiger partial charge in [-0.1, -0.05) is 6.07 Å². The molecule has 20 heavy (non-hydrogen) atoms. The van der Waals surface area contributed by atoms with E-state index >= 15 is 0 Å². The molecular formula is C15H12N2O3. The molecular weight excluding hydrogens is 256 g/mol. The van der Waals surface area contributed by atoms with Crippen LogP contribution in [0.1, 0.15) is 11.1 Å². The second kappa shape index (κ2) is 5.05. The average molecular weight is 268 g/mol. The Kier molecular flexibility index (Phi) is 3.09. The highest BCUT2D eigenvalue weighted by molar-refractivity contribution is 5.86. The summed E-state index contributed by atoms with van der Waals surface area (Å²) >= 11 is 0. The molecule has 1 aromatic heterocycles. The van der Waals surface area contributed by atoms with E-state index in [2.05, 4.69) is 4.98 Å². The van der Waals surface area contributed by atoms with Gasteiger partial charge in [0.1, 0.15) is 12.4 Å². The number of carbonyl (C=O) groups is 1. The molecule has 1 aliphatic rings. The average Bonchev–Trinajstić information content (AvgIpc) is 2.98. The van der Waals surface area contributed by atoms with Crippen molar-refractivity contribution in [3.8, 4) is 5.75 Å². The van der Waals surface area contributed by atoms with Gasteiger partial charge in [-0.15, -0.1) is 0 Å². The molecule has 0 unspecified atom stereocenters. The van der Waals surface area contributed by atoms with Crippen LogP contribution in [0.4, 0.5) is 0 Å². The zero-order valence-corrected chi connectivity index (χ0v) is 10.6. The topological polar surface area (TPSA) is 64.3 Å². The fourth-order valence-electron chi connectivity index (χ4n) is 2.03. The molecule has 0 atom stereocenters. The zero-order valence-electron chi connectivity index (χ0n) is 10.6. The Morgan fingerprint density at radius 3 is 3.10 bits per heavy atom. The van der Waals surface area contributed by atoms with Crippen molar-refractivity contribution in [1.29, 1.82) is 0 Å². The lowest BCUT2D eigenvalue weighted by molar-refractivity contribution is -0.131. The van der Waals surface area contributed by atoms with E-state index in [1.54, 1.807) is 18.6 Å². The Balaban J connectivity index is 1.95. The van der Waals surface area contributed by atoms with Gasteiger partial charge in [-0.2, -0.15) is 0 Å². The van der Waals surface area contributed by atoms with Crippen LogP contribution >= 0.6 is 0 Å². The lowest BCUT2D eigenvalue weighted by atomic mass is 10.1. The summed E-state index contributed by atoms with van der Waals surface area (Å²) in [6.07, 6.45) is 9.97. The first-order valence-corrected chi connectivity index (χ1v) is 6.09. The summed E-state index contributed by atoms with van der Waals surface area (Å²) in [7, 11) is 0. The van der Waals surface area contributed by atoms with Gasteiger partial charge in [-0.25, -0.2) is 9.78 Å². The number of benzene rings is 1. The summed E-state index contributed by atoms with van der Waals surface area (Å²) < 4.78 is 7.57. The second-order valence-electron chi connectivity index (χ2n) is 4.36. The normalized spacial score (nSPS) is 13.7. The Morgan fingerprint density at radius 1 is 1.45 bits per heavy atom. The Morgan fingerprint density at radius 2 is 2.35 bits per heavy atom. The van der Waals surface area contributed by atoms with Crippen LogP contribution in [0.2, 0.25) is 0 Å². The number of nitrogens with zero attached hydrogens (tertiary/aromatic N) is 2. The van der Waals surface area contributed by atoms with Crippen molar-refractivity contribution in [1.82, 2.24) is 9.55 Å². The third-order valence-electron chi connectivity index (χ3n) is 2.99. The van der Waals surface area contributed by atoms with Gasteiger partial charge in [0.05, 0.1) is 12.0 Å². The number of carboxylic acid groups (broad SMARTS) is 1. The SMILES string of the molecule is O=C(O)/C=C/c1ccc2c(c1)C=C(n1ccnc1)CO2. The predicted octanol–water partition coefficient (Wildman–Crippen LogP) is 2.37. The van der Waals surface area contributed by atoms with Crippen molar-refractivity contribution in [2.45, 2.75) is 0 Å². The fraction of sp³-hybridized carbons (Fsp3) is 0.0667. The van der Waals surface area contributed by atoms with Gasteiger partial charge in [0.25, 0.3) is 0 Å². The molecule has 2 heterocycles. The Hall–Kier alpha value is -2.82. The van der Waals surface area contributed by atoms with Crippen molar-refractivity contribution in [2.24, 2.45) is 0 Å². The van der Waals surface area contributed by atoms with Gasteiger partial charge in [0.15, 0.2) is 0 Å². The molecule has 1 N–H and O–H groups in total. The maximum Gasteiger partial charge on any atom is 0.328 e. The molecule has 1 aromatic carbocycles. The van der Waals surface area contributed by atoms with Gasteiger partial charge < -0.3 is 14.4 Å². The summed E-state index contributed by atoms with van der Waals surface area (Å²) in [6.45, 7) is 0.480. The maximum absolute atomic E-state index is 10.5. The molecule has 0 radical (unpaired) electrons. The molecule has 100 valence electrons. The molecule has 2 aromatic rings. The summed E-state index contributed by atoms with van der Waals surface area (Å²) in [5.74, 6) is -0.171. The lowest BCUT2D eigenvalue weighted by Gasteiger charge is -2.18. The third-order valence-corrected chi connectivity index (χ3v) is 2.99. The van der Waals surface area contributed by atoms with Crippen LogP contribution in [0, 0.1) is 0 Å². The first-order valence-electron chi connectivity index (χ1n) is 6.09. The number of aromatic nitrogens is 2. The van der Waals surface area contributed by atoms with Crippen LogP contribution in [-0.4, -0.2) is 27.2 Å². The molecule has 1 aliphatic heterocycles. The van der Waals surface area contributed by atoms with Crippen molar-refractivity contribution in [3.05, 3.63) is 54.1 Å². The Bertz CT molecular complexity index is 700. The number of imidazole rings is 1. The number of hydrogen-bond acceptors (Lipinski definition) is 3. The van der Waals surface area contributed by atoms with E-state index in [0.29, 0.717) is 6.61 Å². The number of aliphatic carboxylic acids is 1. The Labute approximate surface area is 115 Å². The van der Waals surface area contributed by atoms with E-state index in [-0.39, 0.29) is 0 Å². The highest BCUT2D eigenvalue weighted by Gasteiger charge is 2.12. The second-order valence-corrected chi connectivity index (χ2v) is 4.36. The molecule has 0 amide bonds. The van der Waals surface area contributed by atoms with Gasteiger partial charge in [-0.3, -0.25) is 0 Å². The van der Waals surface area contributed by atoms with E-state index in [9.17, 15) is 4.79 Å². The first kappa shape index (κ1) is 12.2. The van der Waals surface area contributed by atoms with Crippen LogP contribution < -0.4 is 4.74 Å². The minimum absolute atomic E-state index is 0.480. The number of ether oxygens (including phenoxy) is 1. The minimum atomic E-state index is -0.964. The molecule has 0 saturated heterocycles. The van der Waals surface area contributed by atoms with Crippen molar-refractivity contribution < 1.29 is 14.6 Å². The van der Waals surface area contributed by atoms with E-state index in [1.165, 1.54) is 0 Å². The lowest BCUT2D eigenvalue weighted by Crippen LogP contribution is -2.10. The molecule has 5 heteroatoms. The van der Waals surface area contributed by atoms with E-state index in [4.69, 9.17) is 9.84 Å². The molecule has 0 aliphatic carbocycles. The zero-order chi connectivity index (χ0) is 13.9. The minimum Gasteiger partial charge on any atom is -0.487 e. The number of fused-ring (bicyclic) bond motifs is 1. The summed E-state index contributed by atoms with van der Waals surface area (Å²) in [5, 5.41) is 8.65. The summed E-state index contributed by atoms with van der Waals surface area (Å²) in [5.41, 5.74) is 2.72. The molecule has 5 nitrogen and oxygen atoms in total. The fourth-order valence-corrected chi connectivity index (χ4v) is 2.03. The molecule has 0 bridgehead atoms. The predicted molar refractivity (Wildman–Crippen MR) is 75.0 cm³/mol. The largest absolute Gasteiger partial charge is 0.487 e. The van der Waals surface area contributed by atoms with Crippen LogP contribution in [0.15, 0.2) is 43.0 Å². The van der Waals surface area contributed by atoms with Crippen LogP contribution in [0.25, 0.3) is 17.8 Å². The molecule has 0 fully saturated rings. The van der Waals surface area contributed by atoms with Gasteiger partial charge >= 0.3 is 5.97 Å². The van der Waals surface area contributed by atoms with Crippen molar-refractivity contribution in [2.75, 3.05) is 6.61 Å². The quantitative estimate of drug-likeness (QED) is 0.868. The number of carboxylic acids is 1. The standard InChI is InChI=1S/C15H12N2O3/c18-15(19)4-2-11-1-3-14-12(7-11)8-13(9-20-14)17-6-5-16-10-17/h1-8,10H,9H2,(H,18,19)/b4-2+. The van der Waals surface area contributed by atoms with Crippen LogP contribution in [0.3, 0.4) is 0 Å². The van der Waals surface area contributed by atoms with Gasteiger partial charge in [0, 0.05) is 24.0 Å². The third kappa shape index (κ3) is 2.47. The highest BCUT2D eigenvalue weighted by Crippen LogP contribution is 2.29. The van der Waals surface area contributed by atoms with E-state index in [0.717, 1.165) is 28.6 Å². The van der Waals surface area contributed by atoms with Crippen molar-refractivity contribution >= 4 is 23.8 Å². The van der Waals surface area contributed by atoms with E-state index < -0.39 is 5.97 Å². The molecule has 0 spiro atoms. The number of rotatable bonds is 3. The van der Waals surface area contributed by atoms with Crippen LogP contribution in [-0.2, 0) is 4.79 Å². The van der Waals surface area contributed by atoms with Gasteiger partial charge in [0.2, 0.25) is 0 Å². The monoisotopic (exact) mass is 268 g/mol. The maximum atomic E-state index is 10.5. The summed E-state index contributed by atoms with van der Waals surface area (Å²) in [6, 6.07) is 5.57.